The lowest BCUT2D eigenvalue weighted by Gasteiger charge is -2.31. The molecule has 1 aliphatic rings. The van der Waals surface area contributed by atoms with Gasteiger partial charge >= 0.3 is 0 Å². The SMILES string of the molecule is COc1ccc(OC)c(C2NC(=S)NC(C)=C2C(=O)Nc2ccccc2C)c1. The van der Waals surface area contributed by atoms with Gasteiger partial charge < -0.3 is 25.4 Å². The van der Waals surface area contributed by atoms with Gasteiger partial charge in [-0.1, -0.05) is 18.2 Å². The Balaban J connectivity index is 2.04. The molecule has 28 heavy (non-hydrogen) atoms. The Morgan fingerprint density at radius 3 is 2.54 bits per heavy atom. The van der Waals surface area contributed by atoms with Crippen LogP contribution in [0.15, 0.2) is 53.7 Å². The predicted octanol–water partition coefficient (Wildman–Crippen LogP) is 3.44. The van der Waals surface area contributed by atoms with E-state index >= 15 is 0 Å². The molecule has 7 heteroatoms. The van der Waals surface area contributed by atoms with Crippen LogP contribution in [-0.4, -0.2) is 25.2 Å². The number of nitrogens with one attached hydrogen (secondary N) is 3. The van der Waals surface area contributed by atoms with Crippen molar-refractivity contribution in [2.24, 2.45) is 0 Å². The van der Waals surface area contributed by atoms with Crippen LogP contribution in [0.4, 0.5) is 5.69 Å². The lowest BCUT2D eigenvalue weighted by atomic mass is 9.93. The van der Waals surface area contributed by atoms with Crippen LogP contribution in [0, 0.1) is 6.92 Å². The number of aryl methyl sites for hydroxylation is 1. The Morgan fingerprint density at radius 1 is 1.11 bits per heavy atom. The van der Waals surface area contributed by atoms with E-state index < -0.39 is 6.04 Å². The minimum Gasteiger partial charge on any atom is -0.497 e. The maximum Gasteiger partial charge on any atom is 0.255 e. The molecule has 1 unspecified atom stereocenters. The number of carbonyl (C=O) groups excluding carboxylic acids is 1. The van der Waals surface area contributed by atoms with Crippen molar-refractivity contribution in [2.45, 2.75) is 19.9 Å². The smallest absolute Gasteiger partial charge is 0.255 e. The van der Waals surface area contributed by atoms with Crippen LogP contribution in [0.5, 0.6) is 11.5 Å². The Kier molecular flexibility index (Phi) is 5.84. The second kappa shape index (κ2) is 8.31. The molecule has 0 saturated heterocycles. The third-order valence-corrected chi connectivity index (χ3v) is 4.87. The maximum atomic E-state index is 13.2. The summed E-state index contributed by atoms with van der Waals surface area (Å²) in [5.41, 5.74) is 3.72. The molecule has 1 atom stereocenters. The highest BCUT2D eigenvalue weighted by Gasteiger charge is 2.32. The van der Waals surface area contributed by atoms with Gasteiger partial charge in [0.25, 0.3) is 5.91 Å². The Hall–Kier alpha value is -3.06. The van der Waals surface area contributed by atoms with Crippen molar-refractivity contribution in [1.29, 1.82) is 0 Å². The molecule has 2 aromatic rings. The van der Waals surface area contributed by atoms with E-state index in [0.29, 0.717) is 27.9 Å². The van der Waals surface area contributed by atoms with Crippen LogP contribution < -0.4 is 25.4 Å². The van der Waals surface area contributed by atoms with Gasteiger partial charge in [-0.05, 0) is 55.9 Å². The molecule has 0 saturated carbocycles. The standard InChI is InChI=1S/C21H23N3O3S/c1-12-7-5-6-8-16(12)23-20(25)18-13(2)22-21(28)24-19(18)15-11-14(26-3)9-10-17(15)27-4/h5-11,19H,1-4H3,(H,23,25)(H2,22,24,28). The molecule has 0 radical (unpaired) electrons. The van der Waals surface area contributed by atoms with Crippen LogP contribution in [0.1, 0.15) is 24.1 Å². The van der Waals surface area contributed by atoms with Crippen molar-refractivity contribution in [1.82, 2.24) is 10.6 Å². The van der Waals surface area contributed by atoms with Crippen molar-refractivity contribution in [2.75, 3.05) is 19.5 Å². The number of anilines is 1. The zero-order valence-corrected chi connectivity index (χ0v) is 17.1. The lowest BCUT2D eigenvalue weighted by Crippen LogP contribution is -2.45. The molecular formula is C21H23N3O3S. The van der Waals surface area contributed by atoms with Crippen LogP contribution in [-0.2, 0) is 4.79 Å². The molecule has 1 heterocycles. The van der Waals surface area contributed by atoms with Gasteiger partial charge in [0.05, 0.1) is 25.8 Å². The van der Waals surface area contributed by atoms with Crippen molar-refractivity contribution in [3.8, 4) is 11.5 Å². The third-order valence-electron chi connectivity index (χ3n) is 4.65. The largest absolute Gasteiger partial charge is 0.497 e. The molecule has 3 N–H and O–H groups in total. The number of para-hydroxylation sites is 1. The van der Waals surface area contributed by atoms with E-state index in [9.17, 15) is 4.79 Å². The predicted molar refractivity (Wildman–Crippen MR) is 114 cm³/mol. The van der Waals surface area contributed by atoms with Gasteiger partial charge in [-0.2, -0.15) is 0 Å². The summed E-state index contributed by atoms with van der Waals surface area (Å²) in [5.74, 6) is 1.08. The first-order chi connectivity index (χ1) is 13.4. The summed E-state index contributed by atoms with van der Waals surface area (Å²) in [6.07, 6.45) is 0. The summed E-state index contributed by atoms with van der Waals surface area (Å²) in [4.78, 5) is 13.2. The van der Waals surface area contributed by atoms with Gasteiger partial charge in [-0.25, -0.2) is 0 Å². The highest BCUT2D eigenvalue weighted by Crippen LogP contribution is 2.36. The van der Waals surface area contributed by atoms with E-state index in [0.717, 1.165) is 16.8 Å². The molecule has 2 aromatic carbocycles. The quantitative estimate of drug-likeness (QED) is 0.672. The summed E-state index contributed by atoms with van der Waals surface area (Å²) in [6, 6.07) is 12.6. The third kappa shape index (κ3) is 3.94. The summed E-state index contributed by atoms with van der Waals surface area (Å²) < 4.78 is 10.9. The minimum absolute atomic E-state index is 0.218. The maximum absolute atomic E-state index is 13.2. The number of amides is 1. The normalized spacial score (nSPS) is 16.1. The molecule has 146 valence electrons. The fraction of sp³-hybridized carbons (Fsp3) is 0.238. The number of thiocarbonyl (C=S) groups is 1. The number of benzene rings is 2. The van der Waals surface area contributed by atoms with Gasteiger partial charge in [-0.3, -0.25) is 4.79 Å². The molecular weight excluding hydrogens is 374 g/mol. The Labute approximate surface area is 169 Å². The van der Waals surface area contributed by atoms with Crippen LogP contribution in [0.25, 0.3) is 0 Å². The van der Waals surface area contributed by atoms with Crippen molar-refractivity contribution < 1.29 is 14.3 Å². The number of carbonyl (C=O) groups is 1. The van der Waals surface area contributed by atoms with Crippen LogP contribution in [0.2, 0.25) is 0 Å². The summed E-state index contributed by atoms with van der Waals surface area (Å²) in [7, 11) is 3.19. The van der Waals surface area contributed by atoms with E-state index in [1.807, 2.05) is 56.3 Å². The molecule has 0 aliphatic carbocycles. The Morgan fingerprint density at radius 2 is 1.86 bits per heavy atom. The van der Waals surface area contributed by atoms with Gasteiger partial charge in [0.2, 0.25) is 0 Å². The highest BCUT2D eigenvalue weighted by atomic mass is 32.1. The average molecular weight is 398 g/mol. The van der Waals surface area contributed by atoms with Gasteiger partial charge in [-0.15, -0.1) is 0 Å². The fourth-order valence-electron chi connectivity index (χ4n) is 3.20. The average Bonchev–Trinajstić information content (AvgIpc) is 2.68. The molecule has 1 aliphatic heterocycles. The van der Waals surface area contributed by atoms with E-state index in [1.165, 1.54) is 0 Å². The van der Waals surface area contributed by atoms with Gasteiger partial charge in [0, 0.05) is 16.9 Å². The molecule has 0 bridgehead atoms. The van der Waals surface area contributed by atoms with E-state index in [4.69, 9.17) is 21.7 Å². The lowest BCUT2D eigenvalue weighted by molar-refractivity contribution is -0.113. The molecule has 0 spiro atoms. The molecule has 0 aromatic heterocycles. The van der Waals surface area contributed by atoms with Gasteiger partial charge in [0.1, 0.15) is 11.5 Å². The number of rotatable bonds is 5. The van der Waals surface area contributed by atoms with Crippen molar-refractivity contribution >= 4 is 28.9 Å². The molecule has 6 nitrogen and oxygen atoms in total. The summed E-state index contributed by atoms with van der Waals surface area (Å²) in [5, 5.41) is 9.67. The second-order valence-corrected chi connectivity index (χ2v) is 6.86. The number of hydrogen-bond acceptors (Lipinski definition) is 4. The molecule has 3 rings (SSSR count). The Bertz CT molecular complexity index is 956. The van der Waals surface area contributed by atoms with Crippen molar-refractivity contribution in [3.05, 3.63) is 64.9 Å². The zero-order chi connectivity index (χ0) is 20.3. The fourth-order valence-corrected chi connectivity index (χ4v) is 3.47. The van der Waals surface area contributed by atoms with E-state index in [2.05, 4.69) is 16.0 Å². The first-order valence-corrected chi connectivity index (χ1v) is 9.22. The second-order valence-electron chi connectivity index (χ2n) is 6.45. The molecule has 0 fully saturated rings. The summed E-state index contributed by atoms with van der Waals surface area (Å²) >= 11 is 5.33. The topological polar surface area (TPSA) is 71.6 Å². The zero-order valence-electron chi connectivity index (χ0n) is 16.3. The number of hydrogen-bond donors (Lipinski definition) is 3. The number of methoxy groups -OCH3 is 2. The van der Waals surface area contributed by atoms with Crippen LogP contribution in [0.3, 0.4) is 0 Å². The van der Waals surface area contributed by atoms with E-state index in [1.54, 1.807) is 14.2 Å². The van der Waals surface area contributed by atoms with Crippen molar-refractivity contribution in [3.63, 3.8) is 0 Å². The monoisotopic (exact) mass is 397 g/mol. The first-order valence-electron chi connectivity index (χ1n) is 8.81. The number of ether oxygens (including phenoxy) is 2. The highest BCUT2D eigenvalue weighted by molar-refractivity contribution is 7.80. The van der Waals surface area contributed by atoms with Crippen LogP contribution >= 0.6 is 12.2 Å². The summed E-state index contributed by atoms with van der Waals surface area (Å²) in [6.45, 7) is 3.78. The van der Waals surface area contributed by atoms with E-state index in [-0.39, 0.29) is 5.91 Å². The van der Waals surface area contributed by atoms with Gasteiger partial charge in [0.15, 0.2) is 5.11 Å². The first kappa shape index (κ1) is 19.7. The number of allylic oxidation sites excluding steroid dienone is 1. The minimum atomic E-state index is -0.484. The molecule has 1 amide bonds.